The molecule has 1 aromatic rings. The van der Waals surface area contributed by atoms with Crippen LogP contribution in [0.25, 0.3) is 0 Å². The van der Waals surface area contributed by atoms with E-state index in [0.29, 0.717) is 37.9 Å². The lowest BCUT2D eigenvalue weighted by atomic mass is 10.3. The lowest BCUT2D eigenvalue weighted by Crippen LogP contribution is -2.06. The third-order valence-corrected chi connectivity index (χ3v) is 2.15. The van der Waals surface area contributed by atoms with E-state index in [2.05, 4.69) is 6.92 Å². The minimum atomic E-state index is 0.533. The number of ether oxygens (including phenoxy) is 3. The molecular weight excluding hydrogens is 218 g/mol. The number of hydrogen-bond acceptors (Lipinski definition) is 4. The van der Waals surface area contributed by atoms with Crippen LogP contribution in [0.2, 0.25) is 0 Å². The van der Waals surface area contributed by atoms with Gasteiger partial charge in [0.2, 0.25) is 0 Å². The summed E-state index contributed by atoms with van der Waals surface area (Å²) in [5.74, 6) is 1.44. The number of anilines is 1. The van der Waals surface area contributed by atoms with Crippen LogP contribution in [-0.2, 0) is 4.74 Å². The van der Waals surface area contributed by atoms with Crippen molar-refractivity contribution in [2.24, 2.45) is 0 Å². The molecule has 0 heterocycles. The first-order chi connectivity index (χ1) is 8.27. The van der Waals surface area contributed by atoms with Crippen molar-refractivity contribution in [2.45, 2.75) is 20.3 Å². The molecule has 0 spiro atoms. The highest BCUT2D eigenvalue weighted by molar-refractivity contribution is 5.55. The van der Waals surface area contributed by atoms with Crippen LogP contribution in [0.3, 0.4) is 0 Å². The highest BCUT2D eigenvalue weighted by atomic mass is 16.5. The molecule has 0 aliphatic rings. The Labute approximate surface area is 103 Å². The smallest absolute Gasteiger partial charge is 0.145 e. The normalized spacial score (nSPS) is 10.2. The quantitative estimate of drug-likeness (QED) is 0.559. The maximum atomic E-state index is 5.80. The van der Waals surface area contributed by atoms with Gasteiger partial charge in [0.1, 0.15) is 18.1 Å². The van der Waals surface area contributed by atoms with E-state index >= 15 is 0 Å². The molecule has 1 rings (SSSR count). The number of rotatable bonds is 8. The van der Waals surface area contributed by atoms with Crippen LogP contribution >= 0.6 is 0 Å². The molecule has 2 N–H and O–H groups in total. The van der Waals surface area contributed by atoms with E-state index < -0.39 is 0 Å². The summed E-state index contributed by atoms with van der Waals surface area (Å²) in [7, 11) is 0. The summed E-state index contributed by atoms with van der Waals surface area (Å²) in [6.45, 7) is 6.50. The Balaban J connectivity index is 2.49. The van der Waals surface area contributed by atoms with Crippen LogP contribution in [0.1, 0.15) is 20.3 Å². The summed E-state index contributed by atoms with van der Waals surface area (Å²) in [4.78, 5) is 0. The van der Waals surface area contributed by atoms with Crippen molar-refractivity contribution < 1.29 is 14.2 Å². The first-order valence-electron chi connectivity index (χ1n) is 6.00. The first-order valence-corrected chi connectivity index (χ1v) is 6.00. The van der Waals surface area contributed by atoms with Gasteiger partial charge in [0.05, 0.1) is 18.9 Å². The van der Waals surface area contributed by atoms with Gasteiger partial charge in [-0.15, -0.1) is 0 Å². The Morgan fingerprint density at radius 2 is 1.88 bits per heavy atom. The van der Waals surface area contributed by atoms with E-state index in [9.17, 15) is 0 Å². The van der Waals surface area contributed by atoms with Crippen LogP contribution in [-0.4, -0.2) is 26.4 Å². The van der Waals surface area contributed by atoms with Gasteiger partial charge >= 0.3 is 0 Å². The SMILES string of the molecule is CCCOc1cc(OCCOCC)ccc1N. The average Bonchev–Trinajstić information content (AvgIpc) is 2.35. The second-order valence-corrected chi connectivity index (χ2v) is 3.59. The summed E-state index contributed by atoms with van der Waals surface area (Å²) in [5, 5.41) is 0. The predicted octanol–water partition coefficient (Wildman–Crippen LogP) is 2.47. The Kier molecular flexibility index (Phi) is 6.25. The highest BCUT2D eigenvalue weighted by Crippen LogP contribution is 2.26. The molecule has 4 nitrogen and oxygen atoms in total. The number of hydrogen-bond donors (Lipinski definition) is 1. The lowest BCUT2D eigenvalue weighted by molar-refractivity contribution is 0.110. The van der Waals surface area contributed by atoms with E-state index in [-0.39, 0.29) is 0 Å². The molecule has 4 heteroatoms. The fourth-order valence-corrected chi connectivity index (χ4v) is 1.30. The third kappa shape index (κ3) is 4.95. The van der Waals surface area contributed by atoms with Gasteiger partial charge in [0.15, 0.2) is 0 Å². The fourth-order valence-electron chi connectivity index (χ4n) is 1.30. The summed E-state index contributed by atoms with van der Waals surface area (Å²) in [6.07, 6.45) is 0.953. The Morgan fingerprint density at radius 3 is 2.59 bits per heavy atom. The lowest BCUT2D eigenvalue weighted by Gasteiger charge is -2.11. The van der Waals surface area contributed by atoms with Gasteiger partial charge in [-0.05, 0) is 25.5 Å². The molecule has 17 heavy (non-hydrogen) atoms. The minimum Gasteiger partial charge on any atom is -0.491 e. The summed E-state index contributed by atoms with van der Waals surface area (Å²) >= 11 is 0. The van der Waals surface area contributed by atoms with Crippen LogP contribution in [0.5, 0.6) is 11.5 Å². The molecule has 0 unspecified atom stereocenters. The Bertz CT molecular complexity index is 328. The van der Waals surface area contributed by atoms with Crippen molar-refractivity contribution >= 4 is 5.69 Å². The molecule has 0 atom stereocenters. The number of nitrogens with two attached hydrogens (primary N) is 1. The van der Waals surface area contributed by atoms with Crippen LogP contribution in [0, 0.1) is 0 Å². The van der Waals surface area contributed by atoms with Crippen molar-refractivity contribution in [3.05, 3.63) is 18.2 Å². The van der Waals surface area contributed by atoms with Crippen LogP contribution in [0.4, 0.5) is 5.69 Å². The van der Waals surface area contributed by atoms with Crippen molar-refractivity contribution in [3.63, 3.8) is 0 Å². The molecule has 0 saturated carbocycles. The number of nitrogen functional groups attached to an aromatic ring is 1. The van der Waals surface area contributed by atoms with Gasteiger partial charge in [-0.1, -0.05) is 6.92 Å². The zero-order chi connectivity index (χ0) is 12.5. The monoisotopic (exact) mass is 239 g/mol. The molecular formula is C13H21NO3. The average molecular weight is 239 g/mol. The second-order valence-electron chi connectivity index (χ2n) is 3.59. The van der Waals surface area contributed by atoms with E-state index in [4.69, 9.17) is 19.9 Å². The highest BCUT2D eigenvalue weighted by Gasteiger charge is 2.02. The van der Waals surface area contributed by atoms with E-state index in [1.807, 2.05) is 19.1 Å². The molecule has 0 bridgehead atoms. The van der Waals surface area contributed by atoms with Crippen molar-refractivity contribution in [1.29, 1.82) is 0 Å². The Hall–Kier alpha value is -1.42. The van der Waals surface area contributed by atoms with Crippen LogP contribution in [0.15, 0.2) is 18.2 Å². The zero-order valence-corrected chi connectivity index (χ0v) is 10.6. The third-order valence-electron chi connectivity index (χ3n) is 2.15. The van der Waals surface area contributed by atoms with Crippen LogP contribution < -0.4 is 15.2 Å². The summed E-state index contributed by atoms with van der Waals surface area (Å²) < 4.78 is 16.2. The predicted molar refractivity (Wildman–Crippen MR) is 68.6 cm³/mol. The molecule has 0 saturated heterocycles. The van der Waals surface area contributed by atoms with Gasteiger partial charge in [0.25, 0.3) is 0 Å². The standard InChI is InChI=1S/C13H21NO3/c1-3-7-17-13-10-11(5-6-12(13)14)16-9-8-15-4-2/h5-6,10H,3-4,7-9,14H2,1-2H3. The second kappa shape index (κ2) is 7.79. The fraction of sp³-hybridized carbons (Fsp3) is 0.538. The molecule has 0 amide bonds. The molecule has 96 valence electrons. The minimum absolute atomic E-state index is 0.533. The zero-order valence-electron chi connectivity index (χ0n) is 10.6. The topological polar surface area (TPSA) is 53.7 Å². The summed E-state index contributed by atoms with van der Waals surface area (Å²) in [6, 6.07) is 5.44. The summed E-state index contributed by atoms with van der Waals surface area (Å²) in [5.41, 5.74) is 6.44. The molecule has 0 radical (unpaired) electrons. The van der Waals surface area contributed by atoms with Crippen molar-refractivity contribution in [3.8, 4) is 11.5 Å². The largest absolute Gasteiger partial charge is 0.491 e. The molecule has 1 aromatic carbocycles. The van der Waals surface area contributed by atoms with Crippen molar-refractivity contribution in [2.75, 3.05) is 32.2 Å². The number of benzene rings is 1. The Morgan fingerprint density at radius 1 is 1.06 bits per heavy atom. The molecule has 0 aromatic heterocycles. The molecule has 0 fully saturated rings. The molecule has 0 aliphatic carbocycles. The van der Waals surface area contributed by atoms with Crippen molar-refractivity contribution in [1.82, 2.24) is 0 Å². The van der Waals surface area contributed by atoms with Gasteiger partial charge in [-0.25, -0.2) is 0 Å². The maximum absolute atomic E-state index is 5.80. The molecule has 0 aliphatic heterocycles. The van der Waals surface area contributed by atoms with Gasteiger partial charge < -0.3 is 19.9 Å². The first kappa shape index (κ1) is 13.6. The van der Waals surface area contributed by atoms with Gasteiger partial charge in [-0.2, -0.15) is 0 Å². The van der Waals surface area contributed by atoms with E-state index in [0.717, 1.165) is 12.2 Å². The maximum Gasteiger partial charge on any atom is 0.145 e. The van der Waals surface area contributed by atoms with E-state index in [1.165, 1.54) is 0 Å². The van der Waals surface area contributed by atoms with E-state index in [1.54, 1.807) is 6.07 Å². The van der Waals surface area contributed by atoms with Gasteiger partial charge in [0, 0.05) is 12.7 Å². The van der Waals surface area contributed by atoms with Gasteiger partial charge in [-0.3, -0.25) is 0 Å².